The van der Waals surface area contributed by atoms with Crippen molar-refractivity contribution in [1.82, 2.24) is 0 Å². The van der Waals surface area contributed by atoms with Crippen molar-refractivity contribution in [2.24, 2.45) is 0 Å². The Bertz CT molecular complexity index is 2810. The van der Waals surface area contributed by atoms with Gasteiger partial charge in [-0.25, -0.2) is 0 Å². The van der Waals surface area contributed by atoms with Crippen molar-refractivity contribution in [3.05, 3.63) is 199 Å². The predicted molar refractivity (Wildman–Crippen MR) is 228 cm³/mol. The van der Waals surface area contributed by atoms with Gasteiger partial charge in [-0.3, -0.25) is 0 Å². The molecule has 1 aliphatic carbocycles. The topological polar surface area (TPSA) is 3.24 Å². The van der Waals surface area contributed by atoms with Crippen LogP contribution in [0.3, 0.4) is 0 Å². The molecule has 0 amide bonds. The molecular formula is C51H37NS. The van der Waals surface area contributed by atoms with E-state index in [-0.39, 0.29) is 5.41 Å². The van der Waals surface area contributed by atoms with Crippen LogP contribution in [0.4, 0.5) is 17.1 Å². The minimum absolute atomic E-state index is 0.207. The number of thiophene rings is 1. The molecule has 0 saturated carbocycles. The van der Waals surface area contributed by atoms with Gasteiger partial charge in [-0.2, -0.15) is 0 Å². The van der Waals surface area contributed by atoms with E-state index in [1.165, 1.54) is 81.5 Å². The lowest BCUT2D eigenvalue weighted by molar-refractivity contribution is 0.661. The van der Waals surface area contributed by atoms with E-state index in [9.17, 15) is 0 Å². The summed E-state index contributed by atoms with van der Waals surface area (Å²) >= 11 is 1.87. The first-order valence-corrected chi connectivity index (χ1v) is 19.2. The zero-order valence-corrected chi connectivity index (χ0v) is 30.6. The Hall–Kier alpha value is -6.22. The third kappa shape index (κ3) is 5.05. The molecule has 0 fully saturated rings. The second-order valence-corrected chi connectivity index (χ2v) is 15.5. The number of hydrogen-bond acceptors (Lipinski definition) is 2. The number of hydrogen-bond donors (Lipinski definition) is 0. The summed E-state index contributed by atoms with van der Waals surface area (Å²) in [7, 11) is 0. The predicted octanol–water partition coefficient (Wildman–Crippen LogP) is 14.8. The molecule has 0 spiro atoms. The molecule has 0 aliphatic heterocycles. The van der Waals surface area contributed by atoms with E-state index in [4.69, 9.17) is 0 Å². The largest absolute Gasteiger partial charge is 0.309 e. The Labute approximate surface area is 315 Å². The van der Waals surface area contributed by atoms with Crippen LogP contribution in [-0.4, -0.2) is 0 Å². The fraction of sp³-hybridized carbons (Fsp3) is 0.0588. The van der Waals surface area contributed by atoms with Gasteiger partial charge in [0.05, 0.1) is 11.4 Å². The highest BCUT2D eigenvalue weighted by Crippen LogP contribution is 2.56. The summed E-state index contributed by atoms with van der Waals surface area (Å²) in [4.78, 5) is 2.56. The molecule has 1 heterocycles. The van der Waals surface area contributed by atoms with Crippen LogP contribution in [0.5, 0.6) is 0 Å². The van der Waals surface area contributed by atoms with Crippen LogP contribution in [0, 0.1) is 0 Å². The maximum atomic E-state index is 2.56. The summed E-state index contributed by atoms with van der Waals surface area (Å²) in [5, 5.41) is 2.61. The summed E-state index contributed by atoms with van der Waals surface area (Å²) in [6, 6.07) is 69.1. The molecule has 1 aromatic heterocycles. The molecule has 9 aromatic rings. The zero-order chi connectivity index (χ0) is 35.5. The van der Waals surface area contributed by atoms with Gasteiger partial charge in [-0.1, -0.05) is 172 Å². The van der Waals surface area contributed by atoms with E-state index >= 15 is 0 Å². The van der Waals surface area contributed by atoms with E-state index in [1.54, 1.807) is 0 Å². The lowest BCUT2D eigenvalue weighted by Gasteiger charge is -2.34. The van der Waals surface area contributed by atoms with E-state index in [2.05, 4.69) is 207 Å². The molecule has 1 nitrogen and oxygen atoms in total. The molecule has 1 aliphatic rings. The number of rotatable bonds is 6. The fourth-order valence-electron chi connectivity index (χ4n) is 8.71. The monoisotopic (exact) mass is 695 g/mol. The first-order valence-electron chi connectivity index (χ1n) is 18.4. The van der Waals surface area contributed by atoms with Crippen molar-refractivity contribution in [3.63, 3.8) is 0 Å². The van der Waals surface area contributed by atoms with Gasteiger partial charge in [0.2, 0.25) is 0 Å². The third-order valence-electron chi connectivity index (χ3n) is 11.1. The second kappa shape index (κ2) is 12.5. The lowest BCUT2D eigenvalue weighted by Crippen LogP contribution is -2.21. The van der Waals surface area contributed by atoms with Gasteiger partial charge < -0.3 is 4.90 Å². The van der Waals surface area contributed by atoms with Crippen LogP contribution in [0.2, 0.25) is 0 Å². The fourth-order valence-corrected chi connectivity index (χ4v) is 9.84. The summed E-state index contributed by atoms with van der Waals surface area (Å²) in [6.07, 6.45) is 0. The van der Waals surface area contributed by atoms with Gasteiger partial charge in [0.15, 0.2) is 0 Å². The maximum absolute atomic E-state index is 2.56. The summed E-state index contributed by atoms with van der Waals surface area (Å²) in [5.74, 6) is 0. The first-order chi connectivity index (χ1) is 26.1. The minimum Gasteiger partial charge on any atom is -0.309 e. The zero-order valence-electron chi connectivity index (χ0n) is 29.8. The molecule has 252 valence electrons. The molecule has 0 unspecified atom stereocenters. The first kappa shape index (κ1) is 31.5. The molecule has 0 bridgehead atoms. The van der Waals surface area contributed by atoms with E-state index in [0.29, 0.717) is 0 Å². The lowest BCUT2D eigenvalue weighted by atomic mass is 9.81. The molecule has 2 heteroatoms. The Morgan fingerprint density at radius 1 is 0.415 bits per heavy atom. The van der Waals surface area contributed by atoms with Gasteiger partial charge in [-0.05, 0) is 80.4 Å². The van der Waals surface area contributed by atoms with Crippen molar-refractivity contribution < 1.29 is 0 Å². The highest BCUT2D eigenvalue weighted by molar-refractivity contribution is 7.25. The van der Waals surface area contributed by atoms with Crippen molar-refractivity contribution >= 4 is 48.6 Å². The summed E-state index contributed by atoms with van der Waals surface area (Å²) in [6.45, 7) is 4.78. The maximum Gasteiger partial charge on any atom is 0.0546 e. The third-order valence-corrected chi connectivity index (χ3v) is 12.2. The summed E-state index contributed by atoms with van der Waals surface area (Å²) < 4.78 is 2.60. The number of anilines is 3. The standard InChI is InChI=1S/C51H37NS/c1-51(2)44-27-13-11-22-39(44)43-26-16-29-46(50(43)51)52(36-31-32-41-40-23-12-14-30-47(40)53-48(41)33-36)45-28-15-25-38(35-19-7-4-8-20-35)49(45)42-24-10-9-21-37(42)34-17-5-3-6-18-34/h3-33H,1-2H3. The van der Waals surface area contributed by atoms with Crippen LogP contribution >= 0.6 is 11.3 Å². The van der Waals surface area contributed by atoms with E-state index in [1.807, 2.05) is 11.3 Å². The van der Waals surface area contributed by atoms with Gasteiger partial charge in [0.25, 0.3) is 0 Å². The second-order valence-electron chi connectivity index (χ2n) is 14.5. The Balaban J connectivity index is 1.32. The van der Waals surface area contributed by atoms with E-state index in [0.717, 1.165) is 11.4 Å². The SMILES string of the molecule is CC1(C)c2ccccc2-c2cccc(N(c3ccc4c(c3)sc3ccccc34)c3cccc(-c4ccccc4)c3-c3ccccc3-c3ccccc3)c21. The summed E-state index contributed by atoms with van der Waals surface area (Å²) in [5.41, 5.74) is 15.9. The van der Waals surface area contributed by atoms with Crippen LogP contribution in [0.15, 0.2) is 188 Å². The van der Waals surface area contributed by atoms with Crippen LogP contribution < -0.4 is 4.90 Å². The Morgan fingerprint density at radius 2 is 0.981 bits per heavy atom. The van der Waals surface area contributed by atoms with Crippen molar-refractivity contribution in [2.75, 3.05) is 4.90 Å². The molecule has 0 radical (unpaired) electrons. The van der Waals surface area contributed by atoms with Crippen LogP contribution in [0.1, 0.15) is 25.0 Å². The number of benzene rings is 8. The number of fused-ring (bicyclic) bond motifs is 6. The quantitative estimate of drug-likeness (QED) is 0.167. The minimum atomic E-state index is -0.207. The molecule has 10 rings (SSSR count). The van der Waals surface area contributed by atoms with Gasteiger partial charge in [-0.15, -0.1) is 11.3 Å². The average Bonchev–Trinajstić information content (AvgIpc) is 3.70. The van der Waals surface area contributed by atoms with Gasteiger partial charge in [0, 0.05) is 36.8 Å². The molecule has 0 atom stereocenters. The van der Waals surface area contributed by atoms with Gasteiger partial charge in [0.1, 0.15) is 0 Å². The van der Waals surface area contributed by atoms with Crippen LogP contribution in [-0.2, 0) is 5.41 Å². The molecule has 0 N–H and O–H groups in total. The highest BCUT2D eigenvalue weighted by atomic mass is 32.1. The molecular weight excluding hydrogens is 659 g/mol. The Morgan fingerprint density at radius 3 is 1.75 bits per heavy atom. The smallest absolute Gasteiger partial charge is 0.0546 e. The van der Waals surface area contributed by atoms with Gasteiger partial charge >= 0.3 is 0 Å². The van der Waals surface area contributed by atoms with E-state index < -0.39 is 0 Å². The van der Waals surface area contributed by atoms with Crippen molar-refractivity contribution in [3.8, 4) is 44.5 Å². The molecule has 0 saturated heterocycles. The molecule has 8 aromatic carbocycles. The molecule has 53 heavy (non-hydrogen) atoms. The van der Waals surface area contributed by atoms with Crippen molar-refractivity contribution in [2.45, 2.75) is 19.3 Å². The number of nitrogens with zero attached hydrogens (tertiary/aromatic N) is 1. The highest BCUT2D eigenvalue weighted by Gasteiger charge is 2.39. The van der Waals surface area contributed by atoms with Crippen LogP contribution in [0.25, 0.3) is 64.7 Å². The Kier molecular flexibility index (Phi) is 7.42. The van der Waals surface area contributed by atoms with Crippen molar-refractivity contribution in [1.29, 1.82) is 0 Å². The average molecular weight is 696 g/mol. The normalized spacial score (nSPS) is 12.9.